The van der Waals surface area contributed by atoms with Gasteiger partial charge in [-0.3, -0.25) is 4.79 Å². The van der Waals surface area contributed by atoms with Crippen molar-refractivity contribution in [3.8, 4) is 11.3 Å². The lowest BCUT2D eigenvalue weighted by Crippen LogP contribution is -2.31. The van der Waals surface area contributed by atoms with Gasteiger partial charge >= 0.3 is 0 Å². The Hall–Kier alpha value is -1.43. The van der Waals surface area contributed by atoms with E-state index in [1.807, 2.05) is 37.3 Å². The topological polar surface area (TPSA) is 54.0 Å². The van der Waals surface area contributed by atoms with Crippen molar-refractivity contribution < 1.29 is 4.79 Å². The van der Waals surface area contributed by atoms with Crippen LogP contribution in [0.2, 0.25) is 0 Å². The van der Waals surface area contributed by atoms with E-state index < -0.39 is 0 Å². The number of aromatic nitrogens is 1. The molecule has 128 valence electrons. The van der Waals surface area contributed by atoms with Gasteiger partial charge in [-0.25, -0.2) is 4.98 Å². The van der Waals surface area contributed by atoms with Crippen LogP contribution in [-0.2, 0) is 4.79 Å². The van der Waals surface area contributed by atoms with Crippen molar-refractivity contribution >= 4 is 34.7 Å². The fraction of sp³-hybridized carbons (Fsp3) is 0.444. The summed E-state index contributed by atoms with van der Waals surface area (Å²) in [7, 11) is 0. The molecule has 1 aliphatic heterocycles. The molecule has 2 aliphatic rings. The Balaban J connectivity index is 0.00000169. The maximum Gasteiger partial charge on any atom is 0.228 e. The summed E-state index contributed by atoms with van der Waals surface area (Å²) in [6.45, 7) is 4.07. The highest BCUT2D eigenvalue weighted by Gasteiger charge is 2.57. The Bertz CT molecular complexity index is 725. The van der Waals surface area contributed by atoms with Crippen LogP contribution in [0, 0.1) is 18.3 Å². The van der Waals surface area contributed by atoms with E-state index in [1.165, 1.54) is 0 Å². The predicted octanol–water partition coefficient (Wildman–Crippen LogP) is 3.87. The van der Waals surface area contributed by atoms with E-state index in [0.717, 1.165) is 53.6 Å². The van der Waals surface area contributed by atoms with Gasteiger partial charge < -0.3 is 10.6 Å². The summed E-state index contributed by atoms with van der Waals surface area (Å²) in [5.74, 6) is 0.350. The number of anilines is 1. The summed E-state index contributed by atoms with van der Waals surface area (Å²) in [6, 6.07) is 10.1. The molecule has 4 rings (SSSR count). The summed E-state index contributed by atoms with van der Waals surface area (Å²) in [5, 5.41) is 8.41. The number of hydrogen-bond acceptors (Lipinski definition) is 4. The predicted molar refractivity (Wildman–Crippen MR) is 101 cm³/mol. The fourth-order valence-electron chi connectivity index (χ4n) is 3.70. The molecule has 4 nitrogen and oxygen atoms in total. The summed E-state index contributed by atoms with van der Waals surface area (Å²) in [5.41, 5.74) is 2.21. The quantitative estimate of drug-likeness (QED) is 0.870. The Morgan fingerprint density at radius 3 is 2.71 bits per heavy atom. The summed E-state index contributed by atoms with van der Waals surface area (Å²) in [4.78, 5) is 17.3. The second-order valence-electron chi connectivity index (χ2n) is 6.63. The molecule has 2 fully saturated rings. The minimum atomic E-state index is 0. The summed E-state index contributed by atoms with van der Waals surface area (Å²) < 4.78 is 0. The van der Waals surface area contributed by atoms with Crippen molar-refractivity contribution in [1.82, 2.24) is 10.3 Å². The van der Waals surface area contributed by atoms with Crippen LogP contribution in [-0.4, -0.2) is 24.0 Å². The molecule has 1 atom stereocenters. The summed E-state index contributed by atoms with van der Waals surface area (Å²) in [6.07, 6.45) is 3.29. The highest BCUT2D eigenvalue weighted by molar-refractivity contribution is 7.16. The van der Waals surface area contributed by atoms with Crippen molar-refractivity contribution in [2.45, 2.75) is 26.2 Å². The van der Waals surface area contributed by atoms with Gasteiger partial charge in [-0.15, -0.1) is 23.7 Å². The smallest absolute Gasteiger partial charge is 0.228 e. The first-order valence-electron chi connectivity index (χ1n) is 8.22. The van der Waals surface area contributed by atoms with Crippen molar-refractivity contribution in [2.24, 2.45) is 11.3 Å². The SMILES string of the molecule is Cc1nc(-c2ccccc2)c(NC(=O)C2CC23CCNCC3)s1.Cl. The molecule has 1 unspecified atom stereocenters. The van der Waals surface area contributed by atoms with Gasteiger partial charge in [0.1, 0.15) is 10.7 Å². The van der Waals surface area contributed by atoms with Crippen LogP contribution >= 0.6 is 23.7 Å². The molecule has 1 saturated heterocycles. The molecule has 1 spiro atoms. The fourth-order valence-corrected chi connectivity index (χ4v) is 4.54. The third kappa shape index (κ3) is 3.21. The second-order valence-corrected chi connectivity index (χ2v) is 7.84. The number of thiazole rings is 1. The van der Waals surface area contributed by atoms with Crippen LogP contribution in [0.5, 0.6) is 0 Å². The lowest BCUT2D eigenvalue weighted by atomic mass is 9.92. The average molecular weight is 364 g/mol. The molecule has 2 N–H and O–H groups in total. The number of hydrogen-bond donors (Lipinski definition) is 2. The monoisotopic (exact) mass is 363 g/mol. The zero-order valence-electron chi connectivity index (χ0n) is 13.7. The van der Waals surface area contributed by atoms with Gasteiger partial charge in [0.15, 0.2) is 0 Å². The third-order valence-corrected chi connectivity index (χ3v) is 6.01. The van der Waals surface area contributed by atoms with Gasteiger partial charge in [-0.2, -0.15) is 0 Å². The third-order valence-electron chi connectivity index (χ3n) is 5.12. The molecule has 0 radical (unpaired) electrons. The van der Waals surface area contributed by atoms with Crippen LogP contribution in [0.1, 0.15) is 24.3 Å². The number of rotatable bonds is 3. The van der Waals surface area contributed by atoms with Gasteiger partial charge in [0, 0.05) is 11.5 Å². The number of carbonyl (C=O) groups is 1. The van der Waals surface area contributed by atoms with E-state index in [9.17, 15) is 4.79 Å². The molecule has 1 amide bonds. The minimum absolute atomic E-state index is 0. The number of amides is 1. The van der Waals surface area contributed by atoms with Crippen LogP contribution in [0.3, 0.4) is 0 Å². The van der Waals surface area contributed by atoms with Crippen molar-refractivity contribution in [2.75, 3.05) is 18.4 Å². The van der Waals surface area contributed by atoms with E-state index in [1.54, 1.807) is 11.3 Å². The number of nitrogens with one attached hydrogen (secondary N) is 2. The van der Waals surface area contributed by atoms with Gasteiger partial charge in [-0.1, -0.05) is 30.3 Å². The maximum absolute atomic E-state index is 12.7. The van der Waals surface area contributed by atoms with Crippen LogP contribution in [0.25, 0.3) is 11.3 Å². The van der Waals surface area contributed by atoms with Gasteiger partial charge in [0.05, 0.1) is 5.01 Å². The molecule has 1 saturated carbocycles. The Labute approximate surface area is 152 Å². The van der Waals surface area contributed by atoms with E-state index in [4.69, 9.17) is 0 Å². The standard InChI is InChI=1S/C18H21N3OS.ClH/c1-12-20-15(13-5-3-2-4-6-13)17(23-12)21-16(22)14-11-18(14)7-9-19-10-8-18;/h2-6,14,19H,7-11H2,1H3,(H,21,22);1H. The molecule has 0 bridgehead atoms. The second kappa shape index (κ2) is 6.82. The number of benzene rings is 1. The lowest BCUT2D eigenvalue weighted by molar-refractivity contribution is -0.118. The molecule has 2 aromatic rings. The summed E-state index contributed by atoms with van der Waals surface area (Å²) >= 11 is 1.56. The largest absolute Gasteiger partial charge is 0.317 e. The first-order valence-corrected chi connectivity index (χ1v) is 9.04. The van der Waals surface area contributed by atoms with Crippen molar-refractivity contribution in [3.63, 3.8) is 0 Å². The van der Waals surface area contributed by atoms with Crippen molar-refractivity contribution in [1.29, 1.82) is 0 Å². The molecule has 2 heterocycles. The van der Waals surface area contributed by atoms with E-state index >= 15 is 0 Å². The lowest BCUT2D eigenvalue weighted by Gasteiger charge is -2.23. The zero-order valence-corrected chi connectivity index (χ0v) is 15.3. The minimum Gasteiger partial charge on any atom is -0.317 e. The number of aryl methyl sites for hydroxylation is 1. The molecule has 1 aliphatic carbocycles. The Kier molecular flexibility index (Phi) is 4.95. The number of halogens is 1. The molecule has 24 heavy (non-hydrogen) atoms. The number of carbonyl (C=O) groups excluding carboxylic acids is 1. The number of nitrogens with zero attached hydrogens (tertiary/aromatic N) is 1. The van der Waals surface area contributed by atoms with Gasteiger partial charge in [-0.05, 0) is 44.7 Å². The highest BCUT2D eigenvalue weighted by atomic mass is 35.5. The van der Waals surface area contributed by atoms with Crippen LogP contribution in [0.4, 0.5) is 5.00 Å². The van der Waals surface area contributed by atoms with Gasteiger partial charge in [0.2, 0.25) is 5.91 Å². The van der Waals surface area contributed by atoms with Crippen LogP contribution in [0.15, 0.2) is 30.3 Å². The zero-order chi connectivity index (χ0) is 15.9. The molecular formula is C18H22ClN3OS. The number of piperidine rings is 1. The highest BCUT2D eigenvalue weighted by Crippen LogP contribution is 2.59. The van der Waals surface area contributed by atoms with Gasteiger partial charge in [0.25, 0.3) is 0 Å². The molecule has 1 aromatic carbocycles. The first kappa shape index (κ1) is 17.4. The molecule has 1 aromatic heterocycles. The Morgan fingerprint density at radius 1 is 1.29 bits per heavy atom. The molecular weight excluding hydrogens is 342 g/mol. The van der Waals surface area contributed by atoms with Crippen molar-refractivity contribution in [3.05, 3.63) is 35.3 Å². The Morgan fingerprint density at radius 2 is 2.00 bits per heavy atom. The normalized spacial score (nSPS) is 21.1. The maximum atomic E-state index is 12.7. The van der Waals surface area contributed by atoms with E-state index in [2.05, 4.69) is 15.6 Å². The van der Waals surface area contributed by atoms with E-state index in [-0.39, 0.29) is 29.6 Å². The average Bonchev–Trinajstić information content (AvgIpc) is 3.13. The van der Waals surface area contributed by atoms with E-state index in [0.29, 0.717) is 0 Å². The molecule has 6 heteroatoms. The first-order chi connectivity index (χ1) is 11.2. The van der Waals surface area contributed by atoms with Crippen LogP contribution < -0.4 is 10.6 Å².